The molecule has 0 saturated carbocycles. The van der Waals surface area contributed by atoms with Crippen molar-refractivity contribution in [3.05, 3.63) is 0 Å². The summed E-state index contributed by atoms with van der Waals surface area (Å²) in [6.07, 6.45) is 4.18. The molecule has 90 valence electrons. The third kappa shape index (κ3) is 2.43. The van der Waals surface area contributed by atoms with Crippen molar-refractivity contribution in [2.45, 2.75) is 45.1 Å². The van der Waals surface area contributed by atoms with Gasteiger partial charge in [0.1, 0.15) is 0 Å². The fraction of sp³-hybridized carbons (Fsp3) is 0.833. The van der Waals surface area contributed by atoms with Crippen LogP contribution in [0.3, 0.4) is 0 Å². The van der Waals surface area contributed by atoms with Crippen molar-refractivity contribution in [1.82, 2.24) is 10.2 Å². The Kier molecular flexibility index (Phi) is 3.59. The van der Waals surface area contributed by atoms with Crippen LogP contribution in [-0.2, 0) is 9.59 Å². The Labute approximate surface area is 96.4 Å². The lowest BCUT2D eigenvalue weighted by Gasteiger charge is -2.35. The number of hydrogen-bond donors (Lipinski definition) is 1. The summed E-state index contributed by atoms with van der Waals surface area (Å²) in [5.74, 6) is 0.572. The molecule has 2 fully saturated rings. The molecule has 0 aromatic heterocycles. The number of amides is 2. The van der Waals surface area contributed by atoms with Gasteiger partial charge >= 0.3 is 0 Å². The Hall–Kier alpha value is -0.900. The first kappa shape index (κ1) is 11.6. The highest BCUT2D eigenvalue weighted by atomic mass is 16.2. The monoisotopic (exact) mass is 224 g/mol. The molecule has 2 amide bonds. The van der Waals surface area contributed by atoms with Gasteiger partial charge in [-0.25, -0.2) is 0 Å². The highest BCUT2D eigenvalue weighted by molar-refractivity contribution is 5.97. The van der Waals surface area contributed by atoms with Crippen molar-refractivity contribution in [2.75, 3.05) is 13.1 Å². The molecule has 0 spiro atoms. The van der Waals surface area contributed by atoms with E-state index in [4.69, 9.17) is 0 Å². The minimum atomic E-state index is 0.0100. The predicted molar refractivity (Wildman–Crippen MR) is 60.8 cm³/mol. The average Bonchev–Trinajstić information content (AvgIpc) is 2.26. The number of likely N-dealkylation sites (tertiary alicyclic amines) is 1. The molecule has 1 N–H and O–H groups in total. The Morgan fingerprint density at radius 3 is 2.56 bits per heavy atom. The maximum absolute atomic E-state index is 11.7. The molecule has 16 heavy (non-hydrogen) atoms. The SMILES string of the molecule is CC1CCCNC1CN1C(=O)CCCC1=O. The summed E-state index contributed by atoms with van der Waals surface area (Å²) < 4.78 is 0. The van der Waals surface area contributed by atoms with Crippen molar-refractivity contribution in [3.8, 4) is 0 Å². The summed E-state index contributed by atoms with van der Waals surface area (Å²) >= 11 is 0. The largest absolute Gasteiger partial charge is 0.312 e. The van der Waals surface area contributed by atoms with E-state index < -0.39 is 0 Å². The smallest absolute Gasteiger partial charge is 0.229 e. The highest BCUT2D eigenvalue weighted by Crippen LogP contribution is 2.19. The van der Waals surface area contributed by atoms with Gasteiger partial charge in [-0.3, -0.25) is 14.5 Å². The third-order valence-electron chi connectivity index (χ3n) is 3.69. The predicted octanol–water partition coefficient (Wildman–Crippen LogP) is 0.914. The van der Waals surface area contributed by atoms with E-state index >= 15 is 0 Å². The van der Waals surface area contributed by atoms with Crippen molar-refractivity contribution < 1.29 is 9.59 Å². The molecule has 2 heterocycles. The van der Waals surface area contributed by atoms with Gasteiger partial charge in [-0.15, -0.1) is 0 Å². The van der Waals surface area contributed by atoms with Gasteiger partial charge in [-0.1, -0.05) is 6.92 Å². The number of piperidine rings is 2. The second kappa shape index (κ2) is 4.95. The lowest BCUT2D eigenvalue weighted by molar-refractivity contribution is -0.148. The molecule has 0 aromatic rings. The van der Waals surface area contributed by atoms with Gasteiger partial charge < -0.3 is 5.32 Å². The van der Waals surface area contributed by atoms with Crippen molar-refractivity contribution >= 4 is 11.8 Å². The molecule has 2 aliphatic rings. The molecule has 2 saturated heterocycles. The number of nitrogens with one attached hydrogen (secondary N) is 1. The summed E-state index contributed by atoms with van der Waals surface area (Å²) in [5, 5.41) is 3.41. The first-order chi connectivity index (χ1) is 7.68. The topological polar surface area (TPSA) is 49.4 Å². The molecule has 0 radical (unpaired) electrons. The number of rotatable bonds is 2. The lowest BCUT2D eigenvalue weighted by atomic mass is 9.92. The molecular weight excluding hydrogens is 204 g/mol. The number of carbonyl (C=O) groups is 2. The van der Waals surface area contributed by atoms with Gasteiger partial charge in [0.25, 0.3) is 0 Å². The Balaban J connectivity index is 1.96. The van der Waals surface area contributed by atoms with E-state index in [1.54, 1.807) is 0 Å². The first-order valence-corrected chi connectivity index (χ1v) is 6.25. The van der Waals surface area contributed by atoms with E-state index in [0.717, 1.165) is 13.0 Å². The number of hydrogen-bond acceptors (Lipinski definition) is 3. The zero-order valence-electron chi connectivity index (χ0n) is 9.87. The molecule has 2 rings (SSSR count). The fourth-order valence-electron chi connectivity index (χ4n) is 2.56. The molecule has 4 heteroatoms. The average molecular weight is 224 g/mol. The molecular formula is C12H20N2O2. The molecule has 2 aliphatic heterocycles. The van der Waals surface area contributed by atoms with Crippen LogP contribution in [0.1, 0.15) is 39.0 Å². The summed E-state index contributed by atoms with van der Waals surface area (Å²) in [6.45, 7) is 3.76. The summed E-state index contributed by atoms with van der Waals surface area (Å²) in [5.41, 5.74) is 0. The quantitative estimate of drug-likeness (QED) is 0.709. The minimum absolute atomic E-state index is 0.0100. The Morgan fingerprint density at radius 2 is 1.94 bits per heavy atom. The van der Waals surface area contributed by atoms with Gasteiger partial charge in [-0.05, 0) is 31.7 Å². The van der Waals surface area contributed by atoms with Crippen LogP contribution < -0.4 is 5.32 Å². The van der Waals surface area contributed by atoms with Gasteiger partial charge in [0, 0.05) is 25.4 Å². The van der Waals surface area contributed by atoms with Gasteiger partial charge in [0.05, 0.1) is 0 Å². The Morgan fingerprint density at radius 1 is 1.25 bits per heavy atom. The maximum Gasteiger partial charge on any atom is 0.229 e. The molecule has 0 bridgehead atoms. The standard InChI is InChI=1S/C12H20N2O2/c1-9-4-3-7-13-10(9)8-14-11(15)5-2-6-12(14)16/h9-10,13H,2-8H2,1H3. The van der Waals surface area contributed by atoms with Crippen LogP contribution in [0, 0.1) is 5.92 Å². The molecule has 2 atom stereocenters. The van der Waals surface area contributed by atoms with E-state index in [-0.39, 0.29) is 11.8 Å². The van der Waals surface area contributed by atoms with Crippen LogP contribution in [-0.4, -0.2) is 35.8 Å². The van der Waals surface area contributed by atoms with Crippen LogP contribution in [0.2, 0.25) is 0 Å². The van der Waals surface area contributed by atoms with Gasteiger partial charge in [0.2, 0.25) is 11.8 Å². The molecule has 0 aliphatic carbocycles. The van der Waals surface area contributed by atoms with Crippen LogP contribution in [0.25, 0.3) is 0 Å². The minimum Gasteiger partial charge on any atom is -0.312 e. The van der Waals surface area contributed by atoms with E-state index in [1.165, 1.54) is 17.7 Å². The zero-order valence-corrected chi connectivity index (χ0v) is 9.87. The Bertz CT molecular complexity index is 275. The van der Waals surface area contributed by atoms with E-state index in [0.29, 0.717) is 31.3 Å². The number of imide groups is 1. The first-order valence-electron chi connectivity index (χ1n) is 6.25. The van der Waals surface area contributed by atoms with Gasteiger partial charge in [0.15, 0.2) is 0 Å². The molecule has 4 nitrogen and oxygen atoms in total. The van der Waals surface area contributed by atoms with Crippen molar-refractivity contribution in [3.63, 3.8) is 0 Å². The van der Waals surface area contributed by atoms with Crippen molar-refractivity contribution in [1.29, 1.82) is 0 Å². The molecule has 0 aromatic carbocycles. The van der Waals surface area contributed by atoms with E-state index in [1.807, 2.05) is 0 Å². The summed E-state index contributed by atoms with van der Waals surface area (Å²) in [7, 11) is 0. The normalized spacial score (nSPS) is 31.9. The third-order valence-corrected chi connectivity index (χ3v) is 3.69. The van der Waals surface area contributed by atoms with E-state index in [2.05, 4.69) is 12.2 Å². The zero-order chi connectivity index (χ0) is 11.5. The van der Waals surface area contributed by atoms with Gasteiger partial charge in [-0.2, -0.15) is 0 Å². The van der Waals surface area contributed by atoms with Crippen LogP contribution in [0.15, 0.2) is 0 Å². The summed E-state index contributed by atoms with van der Waals surface area (Å²) in [4.78, 5) is 24.8. The second-order valence-electron chi connectivity index (χ2n) is 4.93. The number of nitrogens with zero attached hydrogens (tertiary/aromatic N) is 1. The van der Waals surface area contributed by atoms with Crippen LogP contribution >= 0.6 is 0 Å². The second-order valence-corrected chi connectivity index (χ2v) is 4.93. The van der Waals surface area contributed by atoms with Crippen LogP contribution in [0.5, 0.6) is 0 Å². The van der Waals surface area contributed by atoms with Crippen LogP contribution in [0.4, 0.5) is 0 Å². The highest BCUT2D eigenvalue weighted by Gasteiger charge is 2.30. The number of carbonyl (C=O) groups excluding carboxylic acids is 2. The summed E-state index contributed by atoms with van der Waals surface area (Å²) in [6, 6.07) is 0.291. The lowest BCUT2D eigenvalue weighted by Crippen LogP contribution is -2.52. The van der Waals surface area contributed by atoms with E-state index in [9.17, 15) is 9.59 Å². The fourth-order valence-corrected chi connectivity index (χ4v) is 2.56. The van der Waals surface area contributed by atoms with Crippen molar-refractivity contribution in [2.24, 2.45) is 5.92 Å². The molecule has 2 unspecified atom stereocenters. The maximum atomic E-state index is 11.7.